The quantitative estimate of drug-likeness (QED) is 0.667. The number of carbonyl (C=O) groups is 2. The fraction of sp³-hybridized carbons (Fsp3) is 0.450. The molecule has 0 aliphatic heterocycles. The van der Waals surface area contributed by atoms with Crippen LogP contribution in [0.5, 0.6) is 0 Å². The van der Waals surface area contributed by atoms with Crippen LogP contribution in [0.1, 0.15) is 62.5 Å². The van der Waals surface area contributed by atoms with Gasteiger partial charge in [0.05, 0.1) is 0 Å². The molecule has 2 aromatic rings. The van der Waals surface area contributed by atoms with E-state index in [1.807, 2.05) is 12.1 Å². The summed E-state index contributed by atoms with van der Waals surface area (Å²) >= 11 is 0. The summed E-state index contributed by atoms with van der Waals surface area (Å²) in [5, 5.41) is 10.9. The van der Waals surface area contributed by atoms with Crippen molar-refractivity contribution in [2.75, 3.05) is 0 Å². The predicted octanol–water partition coefficient (Wildman–Crippen LogP) is 3.74. The molecule has 0 bridgehead atoms. The van der Waals surface area contributed by atoms with Gasteiger partial charge in [-0.15, -0.1) is 0 Å². The fourth-order valence-corrected chi connectivity index (χ4v) is 3.52. The molecule has 0 amide bonds. The third-order valence-corrected chi connectivity index (χ3v) is 5.21. The van der Waals surface area contributed by atoms with Gasteiger partial charge in [0.2, 0.25) is 0 Å². The van der Waals surface area contributed by atoms with Gasteiger partial charge in [-0.05, 0) is 36.3 Å². The second kappa shape index (κ2) is 7.83. The van der Waals surface area contributed by atoms with Crippen LogP contribution in [0.4, 0.5) is 4.79 Å². The van der Waals surface area contributed by atoms with Crippen molar-refractivity contribution < 1.29 is 19.4 Å². The van der Waals surface area contributed by atoms with Crippen LogP contribution < -0.4 is 0 Å². The SMILES string of the molecule is CCC(O)(C(=O)OC(=O)n1ccnc1)c1ccc(C2CCCCC2)cc1. The lowest BCUT2D eigenvalue weighted by molar-refractivity contribution is -0.160. The number of carbonyl (C=O) groups excluding carboxylic acids is 2. The zero-order chi connectivity index (χ0) is 18.6. The summed E-state index contributed by atoms with van der Waals surface area (Å²) < 4.78 is 5.89. The van der Waals surface area contributed by atoms with E-state index in [-0.39, 0.29) is 6.42 Å². The molecule has 1 unspecified atom stereocenters. The van der Waals surface area contributed by atoms with Crippen molar-refractivity contribution in [2.24, 2.45) is 0 Å². The third-order valence-electron chi connectivity index (χ3n) is 5.21. The third kappa shape index (κ3) is 3.70. The first kappa shape index (κ1) is 18.3. The Bertz CT molecular complexity index is 749. The maximum atomic E-state index is 12.5. The summed E-state index contributed by atoms with van der Waals surface area (Å²) in [6.45, 7) is 1.68. The Morgan fingerprint density at radius 1 is 1.23 bits per heavy atom. The van der Waals surface area contributed by atoms with Crippen LogP contribution in [-0.2, 0) is 15.1 Å². The van der Waals surface area contributed by atoms with Crippen LogP contribution in [0, 0.1) is 0 Å². The van der Waals surface area contributed by atoms with Crippen LogP contribution in [0.2, 0.25) is 0 Å². The van der Waals surface area contributed by atoms with Crippen LogP contribution in [0.15, 0.2) is 43.0 Å². The Morgan fingerprint density at radius 3 is 2.50 bits per heavy atom. The van der Waals surface area contributed by atoms with Gasteiger partial charge in [0, 0.05) is 12.4 Å². The molecule has 1 heterocycles. The number of esters is 1. The topological polar surface area (TPSA) is 81.4 Å². The van der Waals surface area contributed by atoms with Crippen molar-refractivity contribution in [3.05, 3.63) is 54.1 Å². The molecule has 1 aliphatic carbocycles. The molecule has 1 aliphatic rings. The molecule has 1 fully saturated rings. The number of ether oxygens (including phenoxy) is 1. The largest absolute Gasteiger partial charge is 0.427 e. The maximum absolute atomic E-state index is 12.5. The van der Waals surface area contributed by atoms with E-state index < -0.39 is 17.7 Å². The van der Waals surface area contributed by atoms with Gasteiger partial charge in [0.25, 0.3) is 0 Å². The van der Waals surface area contributed by atoms with Crippen molar-refractivity contribution in [1.29, 1.82) is 0 Å². The first-order chi connectivity index (χ1) is 12.5. The molecule has 6 heteroatoms. The monoisotopic (exact) mass is 356 g/mol. The lowest BCUT2D eigenvalue weighted by Crippen LogP contribution is -2.38. The molecule has 26 heavy (non-hydrogen) atoms. The number of nitrogens with zero attached hydrogens (tertiary/aromatic N) is 2. The molecule has 1 saturated carbocycles. The minimum atomic E-state index is -1.86. The Morgan fingerprint density at radius 2 is 1.92 bits per heavy atom. The van der Waals surface area contributed by atoms with Gasteiger partial charge in [0.1, 0.15) is 6.33 Å². The zero-order valence-electron chi connectivity index (χ0n) is 14.9. The number of benzene rings is 1. The van der Waals surface area contributed by atoms with Crippen LogP contribution in [0.3, 0.4) is 0 Å². The molecule has 1 aromatic heterocycles. The van der Waals surface area contributed by atoms with Gasteiger partial charge in [-0.3, -0.25) is 0 Å². The summed E-state index contributed by atoms with van der Waals surface area (Å²) in [7, 11) is 0. The van der Waals surface area contributed by atoms with Crippen LogP contribution in [-0.4, -0.2) is 26.7 Å². The van der Waals surface area contributed by atoms with E-state index in [0.717, 1.165) is 4.57 Å². The summed E-state index contributed by atoms with van der Waals surface area (Å²) in [4.78, 5) is 28.1. The van der Waals surface area contributed by atoms with Gasteiger partial charge in [0.15, 0.2) is 5.60 Å². The van der Waals surface area contributed by atoms with Gasteiger partial charge < -0.3 is 9.84 Å². The van der Waals surface area contributed by atoms with Crippen molar-refractivity contribution in [3.8, 4) is 0 Å². The van der Waals surface area contributed by atoms with Crippen LogP contribution >= 0.6 is 0 Å². The van der Waals surface area contributed by atoms with Gasteiger partial charge in [-0.2, -0.15) is 0 Å². The minimum absolute atomic E-state index is 0.103. The van der Waals surface area contributed by atoms with Crippen molar-refractivity contribution in [1.82, 2.24) is 9.55 Å². The van der Waals surface area contributed by atoms with Gasteiger partial charge in [-0.1, -0.05) is 50.5 Å². The van der Waals surface area contributed by atoms with Gasteiger partial charge in [-0.25, -0.2) is 19.1 Å². The molecule has 1 aromatic carbocycles. The predicted molar refractivity (Wildman–Crippen MR) is 95.6 cm³/mol. The molecule has 1 N–H and O–H groups in total. The van der Waals surface area contributed by atoms with E-state index in [1.54, 1.807) is 19.1 Å². The summed E-state index contributed by atoms with van der Waals surface area (Å²) in [5.41, 5.74) is -0.195. The molecule has 138 valence electrons. The molecule has 6 nitrogen and oxygen atoms in total. The first-order valence-corrected chi connectivity index (χ1v) is 9.12. The highest BCUT2D eigenvalue weighted by Gasteiger charge is 2.39. The standard InChI is InChI=1S/C20H24N2O4/c1-2-20(25,18(23)26-19(24)22-13-12-21-14-22)17-10-8-16(9-11-17)15-6-4-3-5-7-15/h8-15,25H,2-7H2,1H3. The average Bonchev–Trinajstić information content (AvgIpc) is 3.23. The summed E-state index contributed by atoms with van der Waals surface area (Å²) in [5.74, 6) is -0.439. The lowest BCUT2D eigenvalue weighted by atomic mass is 9.82. The van der Waals surface area contributed by atoms with Crippen molar-refractivity contribution in [3.63, 3.8) is 0 Å². The zero-order valence-corrected chi connectivity index (χ0v) is 14.9. The number of hydrogen-bond acceptors (Lipinski definition) is 5. The summed E-state index contributed by atoms with van der Waals surface area (Å²) in [6.07, 6.45) is 9.37. The normalized spacial score (nSPS) is 17.5. The number of rotatable bonds is 4. The highest BCUT2D eigenvalue weighted by atomic mass is 16.6. The fourth-order valence-electron chi connectivity index (χ4n) is 3.52. The smallest absolute Gasteiger partial charge is 0.374 e. The van der Waals surface area contributed by atoms with Gasteiger partial charge >= 0.3 is 12.1 Å². The minimum Gasteiger partial charge on any atom is -0.374 e. The molecule has 3 rings (SSSR count). The molecule has 0 radical (unpaired) electrons. The van der Waals surface area contributed by atoms with Crippen LogP contribution in [0.25, 0.3) is 0 Å². The molecule has 0 spiro atoms. The Kier molecular flexibility index (Phi) is 5.52. The van der Waals surface area contributed by atoms with E-state index >= 15 is 0 Å². The second-order valence-electron chi connectivity index (χ2n) is 6.80. The van der Waals surface area contributed by atoms with E-state index in [0.29, 0.717) is 11.5 Å². The molecular weight excluding hydrogens is 332 g/mol. The van der Waals surface area contributed by atoms with E-state index in [2.05, 4.69) is 4.98 Å². The van der Waals surface area contributed by atoms with Crippen molar-refractivity contribution in [2.45, 2.75) is 57.0 Å². The van der Waals surface area contributed by atoms with E-state index in [4.69, 9.17) is 4.74 Å². The highest BCUT2D eigenvalue weighted by molar-refractivity contribution is 5.91. The average molecular weight is 356 g/mol. The number of hydrogen-bond donors (Lipinski definition) is 1. The Labute approximate surface area is 152 Å². The number of aromatic nitrogens is 2. The lowest BCUT2D eigenvalue weighted by Gasteiger charge is -2.26. The molecule has 0 saturated heterocycles. The van der Waals surface area contributed by atoms with E-state index in [1.165, 1.54) is 56.4 Å². The number of aliphatic hydroxyl groups is 1. The molecule has 1 atom stereocenters. The summed E-state index contributed by atoms with van der Waals surface area (Å²) in [6, 6.07) is 7.46. The Balaban J connectivity index is 1.75. The maximum Gasteiger partial charge on any atom is 0.427 e. The van der Waals surface area contributed by atoms with E-state index in [9.17, 15) is 14.7 Å². The number of imidazole rings is 1. The Hall–Kier alpha value is -2.47. The van der Waals surface area contributed by atoms with Crippen molar-refractivity contribution >= 4 is 12.1 Å². The first-order valence-electron chi connectivity index (χ1n) is 9.12. The molecular formula is C20H24N2O4. The highest BCUT2D eigenvalue weighted by Crippen LogP contribution is 2.34. The second-order valence-corrected chi connectivity index (χ2v) is 6.80.